The van der Waals surface area contributed by atoms with E-state index in [1.807, 2.05) is 0 Å². The number of rotatable bonds is 6. The van der Waals surface area contributed by atoms with Crippen LogP contribution in [0.2, 0.25) is 0 Å². The van der Waals surface area contributed by atoms with E-state index in [-0.39, 0.29) is 5.75 Å². The highest BCUT2D eigenvalue weighted by molar-refractivity contribution is 5.57. The summed E-state index contributed by atoms with van der Waals surface area (Å²) in [5.74, 6) is 1.07. The van der Waals surface area contributed by atoms with Crippen molar-refractivity contribution in [1.82, 2.24) is 15.0 Å². The smallest absolute Gasteiger partial charge is 0.233 e. The molecule has 1 aliphatic carbocycles. The lowest BCUT2D eigenvalue weighted by atomic mass is 10.1. The van der Waals surface area contributed by atoms with Crippen LogP contribution in [-0.4, -0.2) is 35.2 Å². The average molecular weight is 360 g/mol. The van der Waals surface area contributed by atoms with E-state index in [2.05, 4.69) is 30.9 Å². The number of halogens is 1. The number of aromatic nitrogens is 3. The number of benzene rings is 1. The van der Waals surface area contributed by atoms with Crippen LogP contribution in [0, 0.1) is 5.82 Å². The van der Waals surface area contributed by atoms with Gasteiger partial charge in [-0.05, 0) is 25.0 Å². The van der Waals surface area contributed by atoms with E-state index in [1.54, 1.807) is 19.2 Å². The first kappa shape index (κ1) is 18.2. The lowest BCUT2D eigenvalue weighted by Crippen LogP contribution is -2.21. The minimum absolute atomic E-state index is 0.192. The molecule has 1 aromatic heterocycles. The molecule has 0 atom stereocenters. The Morgan fingerprint density at radius 2 is 1.69 bits per heavy atom. The number of methoxy groups -OCH3 is 1. The molecule has 0 amide bonds. The van der Waals surface area contributed by atoms with Gasteiger partial charge in [0.05, 0.1) is 7.11 Å². The molecule has 0 radical (unpaired) electrons. The molecular weight excluding hydrogens is 335 g/mol. The second-order valence-corrected chi connectivity index (χ2v) is 6.36. The first-order valence-electron chi connectivity index (χ1n) is 8.99. The zero-order valence-electron chi connectivity index (χ0n) is 15.2. The molecule has 0 unspecified atom stereocenters. The third-order valence-electron chi connectivity index (χ3n) is 4.46. The number of hydrogen-bond donors (Lipinski definition) is 3. The van der Waals surface area contributed by atoms with Crippen LogP contribution < -0.4 is 20.7 Å². The molecule has 3 rings (SSSR count). The van der Waals surface area contributed by atoms with Gasteiger partial charge in [-0.15, -0.1) is 0 Å². The Balaban J connectivity index is 1.77. The highest BCUT2D eigenvalue weighted by atomic mass is 19.1. The molecule has 0 spiro atoms. The molecule has 3 N–H and O–H groups in total. The fraction of sp³-hybridized carbons (Fsp3) is 0.500. The molecule has 26 heavy (non-hydrogen) atoms. The van der Waals surface area contributed by atoms with Crippen molar-refractivity contribution in [1.29, 1.82) is 0 Å². The first-order chi connectivity index (χ1) is 12.7. The maximum Gasteiger partial charge on any atom is 0.233 e. The predicted molar refractivity (Wildman–Crippen MR) is 101 cm³/mol. The van der Waals surface area contributed by atoms with Crippen LogP contribution in [0.4, 0.5) is 27.9 Å². The van der Waals surface area contributed by atoms with E-state index >= 15 is 0 Å². The summed E-state index contributed by atoms with van der Waals surface area (Å²) in [6.07, 6.45) is 7.25. The topological polar surface area (TPSA) is 84.0 Å². The van der Waals surface area contributed by atoms with Crippen LogP contribution in [0.15, 0.2) is 18.2 Å². The van der Waals surface area contributed by atoms with Gasteiger partial charge in [0.1, 0.15) is 0 Å². The molecule has 7 nitrogen and oxygen atoms in total. The Bertz CT molecular complexity index is 734. The maximum atomic E-state index is 13.9. The molecule has 1 aromatic carbocycles. The van der Waals surface area contributed by atoms with Gasteiger partial charge in [-0.3, -0.25) is 0 Å². The van der Waals surface area contributed by atoms with Gasteiger partial charge < -0.3 is 20.7 Å². The fourth-order valence-corrected chi connectivity index (χ4v) is 3.09. The van der Waals surface area contributed by atoms with Crippen LogP contribution in [0.25, 0.3) is 0 Å². The average Bonchev–Trinajstić information content (AvgIpc) is 2.90. The number of anilines is 4. The van der Waals surface area contributed by atoms with Gasteiger partial charge in [0, 0.05) is 24.8 Å². The Kier molecular flexibility index (Phi) is 6.04. The summed E-state index contributed by atoms with van der Waals surface area (Å²) in [5, 5.41) is 9.37. The summed E-state index contributed by atoms with van der Waals surface area (Å²) in [5.41, 5.74) is 0.539. The number of nitrogens with zero attached hydrogens (tertiary/aromatic N) is 3. The molecule has 0 saturated heterocycles. The normalized spacial score (nSPS) is 15.2. The molecule has 8 heteroatoms. The molecule has 1 saturated carbocycles. The zero-order valence-corrected chi connectivity index (χ0v) is 15.2. The van der Waals surface area contributed by atoms with Crippen molar-refractivity contribution in [2.24, 2.45) is 0 Å². The monoisotopic (exact) mass is 360 g/mol. The number of hydrogen-bond acceptors (Lipinski definition) is 7. The van der Waals surface area contributed by atoms with Crippen LogP contribution in [-0.2, 0) is 0 Å². The van der Waals surface area contributed by atoms with E-state index in [0.29, 0.717) is 29.6 Å². The van der Waals surface area contributed by atoms with Crippen LogP contribution in [0.1, 0.15) is 38.5 Å². The summed E-state index contributed by atoms with van der Waals surface area (Å²) >= 11 is 0. The van der Waals surface area contributed by atoms with Crippen molar-refractivity contribution in [3.8, 4) is 5.75 Å². The van der Waals surface area contributed by atoms with Crippen LogP contribution in [0.3, 0.4) is 0 Å². The molecule has 0 aliphatic heterocycles. The zero-order chi connectivity index (χ0) is 18.4. The summed E-state index contributed by atoms with van der Waals surface area (Å²) in [6, 6.07) is 4.99. The van der Waals surface area contributed by atoms with Gasteiger partial charge in [0.25, 0.3) is 0 Å². The van der Waals surface area contributed by atoms with E-state index in [9.17, 15) is 4.39 Å². The minimum atomic E-state index is -0.447. The van der Waals surface area contributed by atoms with Crippen LogP contribution >= 0.6 is 0 Å². The summed E-state index contributed by atoms with van der Waals surface area (Å²) in [6.45, 7) is 0. The first-order valence-corrected chi connectivity index (χ1v) is 8.99. The van der Waals surface area contributed by atoms with Crippen molar-refractivity contribution in [2.75, 3.05) is 30.1 Å². The Labute approximate surface area is 152 Å². The minimum Gasteiger partial charge on any atom is -0.494 e. The Hall–Kier alpha value is -2.64. The third kappa shape index (κ3) is 4.71. The van der Waals surface area contributed by atoms with E-state index in [1.165, 1.54) is 38.9 Å². The van der Waals surface area contributed by atoms with Crippen molar-refractivity contribution in [3.63, 3.8) is 0 Å². The van der Waals surface area contributed by atoms with Gasteiger partial charge in [0.2, 0.25) is 17.8 Å². The second-order valence-electron chi connectivity index (χ2n) is 6.36. The largest absolute Gasteiger partial charge is 0.494 e. The van der Waals surface area contributed by atoms with Crippen molar-refractivity contribution < 1.29 is 9.13 Å². The third-order valence-corrected chi connectivity index (χ3v) is 4.46. The lowest BCUT2D eigenvalue weighted by molar-refractivity contribution is 0.386. The predicted octanol–water partition coefficient (Wildman–Crippen LogP) is 3.94. The molecule has 1 heterocycles. The summed E-state index contributed by atoms with van der Waals surface area (Å²) in [7, 11) is 3.18. The highest BCUT2D eigenvalue weighted by Crippen LogP contribution is 2.24. The number of ether oxygens (including phenoxy) is 1. The molecule has 2 aromatic rings. The van der Waals surface area contributed by atoms with Crippen molar-refractivity contribution in [3.05, 3.63) is 24.0 Å². The van der Waals surface area contributed by atoms with Gasteiger partial charge in [-0.2, -0.15) is 15.0 Å². The van der Waals surface area contributed by atoms with Gasteiger partial charge >= 0.3 is 0 Å². The highest BCUT2D eigenvalue weighted by Gasteiger charge is 2.15. The molecule has 0 bridgehead atoms. The van der Waals surface area contributed by atoms with Gasteiger partial charge in [-0.1, -0.05) is 25.7 Å². The Morgan fingerprint density at radius 1 is 1.00 bits per heavy atom. The van der Waals surface area contributed by atoms with Gasteiger partial charge in [0.15, 0.2) is 11.6 Å². The molecule has 1 aliphatic rings. The van der Waals surface area contributed by atoms with E-state index in [4.69, 9.17) is 4.74 Å². The fourth-order valence-electron chi connectivity index (χ4n) is 3.09. The molecular formula is C18H25FN6O. The summed E-state index contributed by atoms with van der Waals surface area (Å²) in [4.78, 5) is 13.1. The van der Waals surface area contributed by atoms with Crippen molar-refractivity contribution >= 4 is 23.5 Å². The molecule has 140 valence electrons. The SMILES string of the molecule is CNc1nc(Nc2ccc(OC)c(F)c2)nc(NC2CCCCCC2)n1. The number of nitrogens with one attached hydrogen (secondary N) is 3. The van der Waals surface area contributed by atoms with Crippen LogP contribution in [0.5, 0.6) is 5.75 Å². The summed E-state index contributed by atoms with van der Waals surface area (Å²) < 4.78 is 18.8. The van der Waals surface area contributed by atoms with E-state index in [0.717, 1.165) is 12.8 Å². The Morgan fingerprint density at radius 3 is 2.35 bits per heavy atom. The lowest BCUT2D eigenvalue weighted by Gasteiger charge is -2.17. The van der Waals surface area contributed by atoms with Crippen molar-refractivity contribution in [2.45, 2.75) is 44.6 Å². The molecule has 1 fully saturated rings. The van der Waals surface area contributed by atoms with E-state index < -0.39 is 5.82 Å². The standard InChI is InChI=1S/C18H25FN6O/c1-20-16-23-17(21-12-7-5-3-4-6-8-12)25-18(24-16)22-13-9-10-15(26-2)14(19)11-13/h9-12H,3-8H2,1-2H3,(H3,20,21,22,23,24,25). The second kappa shape index (κ2) is 8.64. The quantitative estimate of drug-likeness (QED) is 0.673. The van der Waals surface area contributed by atoms with Gasteiger partial charge in [-0.25, -0.2) is 4.39 Å². The maximum absolute atomic E-state index is 13.9.